The van der Waals surface area contributed by atoms with Gasteiger partial charge in [0.1, 0.15) is 0 Å². The van der Waals surface area contributed by atoms with Gasteiger partial charge in [0.15, 0.2) is 0 Å². The summed E-state index contributed by atoms with van der Waals surface area (Å²) >= 11 is 0. The predicted octanol–water partition coefficient (Wildman–Crippen LogP) is 2.26. The number of rotatable bonds is 3. The van der Waals surface area contributed by atoms with Crippen LogP contribution in [0.1, 0.15) is 31.4 Å². The lowest BCUT2D eigenvalue weighted by atomic mass is 9.90. The van der Waals surface area contributed by atoms with Gasteiger partial charge in [-0.05, 0) is 55.4 Å². The Morgan fingerprint density at radius 2 is 1.76 bits per heavy atom. The Bertz CT molecular complexity index is 605. The van der Waals surface area contributed by atoms with Crippen molar-refractivity contribution in [3.05, 3.63) is 23.3 Å². The van der Waals surface area contributed by atoms with Crippen LogP contribution < -0.4 is 11.3 Å². The van der Waals surface area contributed by atoms with E-state index in [1.807, 2.05) is 13.8 Å². The second-order valence-electron chi connectivity index (χ2n) is 6.19. The molecule has 0 amide bonds. The van der Waals surface area contributed by atoms with Crippen molar-refractivity contribution in [3.63, 3.8) is 0 Å². The number of nitrogens with zero attached hydrogens (tertiary/aromatic N) is 1. The van der Waals surface area contributed by atoms with Crippen LogP contribution >= 0.6 is 0 Å². The standard InChI is InChI=1S/C15H25N3O2S/c1-10-5-6-18(9-13(10)4)21(19,20)15-11(2)7-14(17-16)8-12(15)3/h7-8,10,13,17H,5-6,9,16H2,1-4H3. The highest BCUT2D eigenvalue weighted by molar-refractivity contribution is 7.89. The fourth-order valence-electron chi connectivity index (χ4n) is 3.01. The van der Waals surface area contributed by atoms with Crippen molar-refractivity contribution in [2.45, 2.75) is 39.0 Å². The van der Waals surface area contributed by atoms with Crippen LogP contribution in [-0.4, -0.2) is 25.8 Å². The maximum atomic E-state index is 13.0. The van der Waals surface area contributed by atoms with E-state index in [9.17, 15) is 8.42 Å². The first-order valence-electron chi connectivity index (χ1n) is 7.35. The normalized spacial score (nSPS) is 24.0. The monoisotopic (exact) mass is 311 g/mol. The number of hydrazine groups is 1. The SMILES string of the molecule is Cc1cc(NN)cc(C)c1S(=O)(=O)N1CCC(C)C(C)C1. The average molecular weight is 311 g/mol. The highest BCUT2D eigenvalue weighted by atomic mass is 32.2. The molecule has 5 nitrogen and oxygen atoms in total. The quantitative estimate of drug-likeness (QED) is 0.663. The predicted molar refractivity (Wildman–Crippen MR) is 85.4 cm³/mol. The third-order valence-corrected chi connectivity index (χ3v) is 6.69. The molecular formula is C15H25N3O2S. The number of anilines is 1. The maximum Gasteiger partial charge on any atom is 0.243 e. The van der Waals surface area contributed by atoms with E-state index in [1.54, 1.807) is 16.4 Å². The number of sulfonamides is 1. The van der Waals surface area contributed by atoms with Crippen LogP contribution in [0.4, 0.5) is 5.69 Å². The number of hydrogen-bond donors (Lipinski definition) is 2. The molecule has 1 saturated heterocycles. The van der Waals surface area contributed by atoms with Crippen molar-refractivity contribution < 1.29 is 8.42 Å². The fourth-order valence-corrected chi connectivity index (χ4v) is 4.98. The Hall–Kier alpha value is -1.11. The zero-order valence-electron chi connectivity index (χ0n) is 13.2. The van der Waals surface area contributed by atoms with Gasteiger partial charge in [-0.1, -0.05) is 13.8 Å². The summed E-state index contributed by atoms with van der Waals surface area (Å²) in [5.41, 5.74) is 4.76. The Morgan fingerprint density at radius 3 is 2.24 bits per heavy atom. The summed E-state index contributed by atoms with van der Waals surface area (Å²) in [5, 5.41) is 0. The van der Waals surface area contributed by atoms with Gasteiger partial charge >= 0.3 is 0 Å². The first-order chi connectivity index (χ1) is 9.77. The Morgan fingerprint density at radius 1 is 1.19 bits per heavy atom. The fraction of sp³-hybridized carbons (Fsp3) is 0.600. The molecule has 0 saturated carbocycles. The van der Waals surface area contributed by atoms with Crippen LogP contribution in [0, 0.1) is 25.7 Å². The van der Waals surface area contributed by atoms with Crippen molar-refractivity contribution >= 4 is 15.7 Å². The molecule has 1 aliphatic rings. The Kier molecular flexibility index (Phi) is 4.60. The number of nitrogens with one attached hydrogen (secondary N) is 1. The summed E-state index contributed by atoms with van der Waals surface area (Å²) in [6.45, 7) is 9.14. The molecule has 0 radical (unpaired) electrons. The Balaban J connectivity index is 2.41. The molecule has 1 aromatic rings. The third kappa shape index (κ3) is 3.07. The minimum atomic E-state index is -3.44. The summed E-state index contributed by atoms with van der Waals surface area (Å²) in [5.74, 6) is 6.37. The number of benzene rings is 1. The molecule has 21 heavy (non-hydrogen) atoms. The number of piperidine rings is 1. The van der Waals surface area contributed by atoms with Gasteiger partial charge in [0.05, 0.1) is 4.90 Å². The summed E-state index contributed by atoms with van der Waals surface area (Å²) < 4.78 is 27.5. The molecule has 118 valence electrons. The van der Waals surface area contributed by atoms with Crippen LogP contribution in [0.5, 0.6) is 0 Å². The molecule has 0 aliphatic carbocycles. The molecule has 0 aromatic heterocycles. The minimum absolute atomic E-state index is 0.388. The smallest absolute Gasteiger partial charge is 0.243 e. The van der Waals surface area contributed by atoms with Gasteiger partial charge in [0.2, 0.25) is 10.0 Å². The lowest BCUT2D eigenvalue weighted by Crippen LogP contribution is -2.42. The zero-order valence-corrected chi connectivity index (χ0v) is 14.0. The van der Waals surface area contributed by atoms with Crippen molar-refractivity contribution in [3.8, 4) is 0 Å². The molecule has 1 aliphatic heterocycles. The summed E-state index contributed by atoms with van der Waals surface area (Å²) in [4.78, 5) is 0.420. The highest BCUT2D eigenvalue weighted by Gasteiger charge is 2.33. The van der Waals surface area contributed by atoms with E-state index in [0.717, 1.165) is 23.2 Å². The molecule has 1 heterocycles. The maximum absolute atomic E-state index is 13.0. The summed E-state index contributed by atoms with van der Waals surface area (Å²) in [6.07, 6.45) is 0.918. The second-order valence-corrected chi connectivity index (χ2v) is 8.06. The molecule has 6 heteroatoms. The van der Waals surface area contributed by atoms with E-state index in [0.29, 0.717) is 29.8 Å². The van der Waals surface area contributed by atoms with E-state index in [4.69, 9.17) is 5.84 Å². The van der Waals surface area contributed by atoms with E-state index in [2.05, 4.69) is 19.3 Å². The van der Waals surface area contributed by atoms with Gasteiger partial charge in [-0.25, -0.2) is 8.42 Å². The lowest BCUT2D eigenvalue weighted by Gasteiger charge is -2.35. The number of nitrogen functional groups attached to an aromatic ring is 1. The molecule has 0 bridgehead atoms. The van der Waals surface area contributed by atoms with Gasteiger partial charge in [-0.15, -0.1) is 0 Å². The highest BCUT2D eigenvalue weighted by Crippen LogP contribution is 2.31. The number of nitrogens with two attached hydrogens (primary N) is 1. The molecule has 1 fully saturated rings. The van der Waals surface area contributed by atoms with E-state index >= 15 is 0 Å². The molecule has 2 rings (SSSR count). The van der Waals surface area contributed by atoms with Gasteiger partial charge in [0, 0.05) is 18.8 Å². The van der Waals surface area contributed by atoms with Crippen molar-refractivity contribution in [1.29, 1.82) is 0 Å². The van der Waals surface area contributed by atoms with Crippen LogP contribution in [-0.2, 0) is 10.0 Å². The number of aryl methyl sites for hydroxylation is 2. The molecule has 0 spiro atoms. The van der Waals surface area contributed by atoms with Crippen molar-refractivity contribution in [2.75, 3.05) is 18.5 Å². The summed E-state index contributed by atoms with van der Waals surface area (Å²) in [7, 11) is -3.44. The molecule has 1 aromatic carbocycles. The van der Waals surface area contributed by atoms with Crippen LogP contribution in [0.3, 0.4) is 0 Å². The number of hydrogen-bond acceptors (Lipinski definition) is 4. The van der Waals surface area contributed by atoms with Gasteiger partial charge in [-0.3, -0.25) is 5.84 Å². The van der Waals surface area contributed by atoms with Crippen LogP contribution in [0.25, 0.3) is 0 Å². The van der Waals surface area contributed by atoms with Gasteiger partial charge < -0.3 is 5.43 Å². The van der Waals surface area contributed by atoms with Crippen molar-refractivity contribution in [2.24, 2.45) is 17.7 Å². The lowest BCUT2D eigenvalue weighted by molar-refractivity contribution is 0.212. The molecular weight excluding hydrogens is 286 g/mol. The first kappa shape index (κ1) is 16.3. The first-order valence-corrected chi connectivity index (χ1v) is 8.79. The third-order valence-electron chi connectivity index (χ3n) is 4.52. The van der Waals surface area contributed by atoms with Gasteiger partial charge in [0.25, 0.3) is 0 Å². The molecule has 3 N–H and O–H groups in total. The second kappa shape index (κ2) is 5.94. The van der Waals surface area contributed by atoms with Crippen LogP contribution in [0.15, 0.2) is 17.0 Å². The van der Waals surface area contributed by atoms with Gasteiger partial charge in [-0.2, -0.15) is 4.31 Å². The molecule has 2 unspecified atom stereocenters. The van der Waals surface area contributed by atoms with Crippen LogP contribution in [0.2, 0.25) is 0 Å². The van der Waals surface area contributed by atoms with E-state index in [-0.39, 0.29) is 0 Å². The average Bonchev–Trinajstić information content (AvgIpc) is 2.40. The largest absolute Gasteiger partial charge is 0.324 e. The van der Waals surface area contributed by atoms with E-state index in [1.165, 1.54) is 0 Å². The van der Waals surface area contributed by atoms with Crippen molar-refractivity contribution in [1.82, 2.24) is 4.31 Å². The topological polar surface area (TPSA) is 75.4 Å². The molecule has 2 atom stereocenters. The van der Waals surface area contributed by atoms with E-state index < -0.39 is 10.0 Å². The Labute approximate surface area is 127 Å². The minimum Gasteiger partial charge on any atom is -0.324 e. The zero-order chi connectivity index (χ0) is 15.8. The summed E-state index contributed by atoms with van der Waals surface area (Å²) in [6, 6.07) is 3.55.